The molecule has 2 amide bonds. The van der Waals surface area contributed by atoms with E-state index in [0.717, 1.165) is 10.2 Å². The Morgan fingerprint density at radius 3 is 2.48 bits per heavy atom. The van der Waals surface area contributed by atoms with Gasteiger partial charge in [-0.05, 0) is 48.5 Å². The molecular formula is C17H12BrClN4O2. The third-order valence-corrected chi connectivity index (χ3v) is 4.23. The van der Waals surface area contributed by atoms with Crippen LogP contribution in [0, 0.1) is 0 Å². The van der Waals surface area contributed by atoms with Gasteiger partial charge in [0.15, 0.2) is 0 Å². The van der Waals surface area contributed by atoms with Crippen LogP contribution in [0.15, 0.2) is 59.2 Å². The first-order valence-corrected chi connectivity index (χ1v) is 8.33. The smallest absolute Gasteiger partial charge is 0.269 e. The molecule has 25 heavy (non-hydrogen) atoms. The maximum absolute atomic E-state index is 12.3. The molecule has 0 spiro atoms. The number of carbonyl (C=O) groups excluding carboxylic acids is 2. The monoisotopic (exact) mass is 418 g/mol. The topological polar surface area (TPSA) is 90.0 Å². The quantitative estimate of drug-likeness (QED) is 0.676. The van der Waals surface area contributed by atoms with Crippen LogP contribution in [0.25, 0.3) is 5.69 Å². The van der Waals surface area contributed by atoms with Crippen LogP contribution in [0.5, 0.6) is 0 Å². The van der Waals surface area contributed by atoms with E-state index in [1.165, 1.54) is 10.7 Å². The molecule has 0 saturated carbocycles. The van der Waals surface area contributed by atoms with Crippen molar-refractivity contribution in [3.05, 3.63) is 75.5 Å². The Balaban J connectivity index is 1.77. The van der Waals surface area contributed by atoms with Gasteiger partial charge in [0.25, 0.3) is 11.8 Å². The Bertz CT molecular complexity index is 954. The molecule has 1 aromatic heterocycles. The number of rotatable bonds is 4. The van der Waals surface area contributed by atoms with E-state index < -0.39 is 5.91 Å². The first kappa shape index (κ1) is 17.2. The molecule has 0 atom stereocenters. The average molecular weight is 420 g/mol. The predicted octanol–water partition coefficient (Wildman–Crippen LogP) is 3.64. The molecule has 3 aromatic rings. The summed E-state index contributed by atoms with van der Waals surface area (Å²) in [6.45, 7) is 0. The number of benzene rings is 2. The number of nitrogens with zero attached hydrogens (tertiary/aromatic N) is 2. The van der Waals surface area contributed by atoms with Crippen LogP contribution in [0.4, 0.5) is 5.69 Å². The molecule has 0 aliphatic carbocycles. The molecule has 0 saturated heterocycles. The molecule has 0 radical (unpaired) electrons. The number of hydrogen-bond donors (Lipinski definition) is 2. The average Bonchev–Trinajstić information content (AvgIpc) is 3.08. The van der Waals surface area contributed by atoms with E-state index in [9.17, 15) is 9.59 Å². The highest BCUT2D eigenvalue weighted by molar-refractivity contribution is 9.10. The lowest BCUT2D eigenvalue weighted by Crippen LogP contribution is -2.13. The van der Waals surface area contributed by atoms with Crippen molar-refractivity contribution in [3.63, 3.8) is 0 Å². The van der Waals surface area contributed by atoms with Crippen molar-refractivity contribution in [2.45, 2.75) is 0 Å². The molecule has 3 N–H and O–H groups in total. The van der Waals surface area contributed by atoms with Crippen molar-refractivity contribution < 1.29 is 9.59 Å². The summed E-state index contributed by atoms with van der Waals surface area (Å²) in [4.78, 5) is 23.4. The minimum absolute atomic E-state index is 0.182. The van der Waals surface area contributed by atoms with Gasteiger partial charge in [-0.2, -0.15) is 5.10 Å². The number of aromatic nitrogens is 2. The standard InChI is InChI=1S/C17H12BrClN4O2/c18-10-1-6-14(19)13(9-10)17(25)21-11-2-4-12(5-3-11)23-8-7-15(22-23)16(20)24/h1-9H,(H2,20,24)(H,21,25). The Kier molecular flexibility index (Phi) is 4.87. The first-order chi connectivity index (χ1) is 11.9. The summed E-state index contributed by atoms with van der Waals surface area (Å²) >= 11 is 9.38. The zero-order valence-corrected chi connectivity index (χ0v) is 15.1. The number of anilines is 1. The number of nitrogens with two attached hydrogens (primary N) is 1. The summed E-state index contributed by atoms with van der Waals surface area (Å²) in [5, 5.41) is 7.22. The third kappa shape index (κ3) is 3.89. The van der Waals surface area contributed by atoms with Crippen LogP contribution >= 0.6 is 27.5 Å². The molecule has 8 heteroatoms. The molecule has 2 aromatic carbocycles. The molecule has 0 bridgehead atoms. The number of nitrogens with one attached hydrogen (secondary N) is 1. The van der Waals surface area contributed by atoms with Gasteiger partial charge in [0, 0.05) is 16.4 Å². The van der Waals surface area contributed by atoms with Crippen molar-refractivity contribution in [3.8, 4) is 5.69 Å². The predicted molar refractivity (Wildman–Crippen MR) is 99.2 cm³/mol. The molecule has 0 unspecified atom stereocenters. The van der Waals surface area contributed by atoms with Gasteiger partial charge in [0.05, 0.1) is 16.3 Å². The van der Waals surface area contributed by atoms with Gasteiger partial charge in [-0.1, -0.05) is 27.5 Å². The van der Waals surface area contributed by atoms with Crippen LogP contribution in [0.3, 0.4) is 0 Å². The number of halogens is 2. The summed E-state index contributed by atoms with van der Waals surface area (Å²) in [5.41, 5.74) is 7.07. The van der Waals surface area contributed by atoms with Crippen LogP contribution in [-0.2, 0) is 0 Å². The van der Waals surface area contributed by atoms with Crippen LogP contribution in [0.1, 0.15) is 20.8 Å². The lowest BCUT2D eigenvalue weighted by molar-refractivity contribution is 0.0993. The van der Waals surface area contributed by atoms with Gasteiger partial charge in [0.1, 0.15) is 5.69 Å². The highest BCUT2D eigenvalue weighted by Crippen LogP contribution is 2.22. The van der Waals surface area contributed by atoms with Crippen molar-refractivity contribution >= 4 is 45.0 Å². The van der Waals surface area contributed by atoms with Gasteiger partial charge in [-0.3, -0.25) is 9.59 Å². The Morgan fingerprint density at radius 1 is 1.12 bits per heavy atom. The Hall–Kier alpha value is -2.64. The lowest BCUT2D eigenvalue weighted by atomic mass is 10.2. The maximum atomic E-state index is 12.3. The molecule has 6 nitrogen and oxygen atoms in total. The molecule has 1 heterocycles. The normalized spacial score (nSPS) is 10.5. The van der Waals surface area contributed by atoms with E-state index in [-0.39, 0.29) is 11.6 Å². The third-order valence-electron chi connectivity index (χ3n) is 3.40. The fourth-order valence-corrected chi connectivity index (χ4v) is 2.73. The maximum Gasteiger partial charge on any atom is 0.269 e. The molecule has 0 aliphatic heterocycles. The number of amides is 2. The number of carbonyl (C=O) groups is 2. The first-order valence-electron chi connectivity index (χ1n) is 7.16. The van der Waals surface area contributed by atoms with Gasteiger partial charge in [-0.15, -0.1) is 0 Å². The van der Waals surface area contributed by atoms with E-state index >= 15 is 0 Å². The van der Waals surface area contributed by atoms with E-state index in [1.54, 1.807) is 48.7 Å². The summed E-state index contributed by atoms with van der Waals surface area (Å²) < 4.78 is 2.29. The summed E-state index contributed by atoms with van der Waals surface area (Å²) in [5.74, 6) is -0.900. The lowest BCUT2D eigenvalue weighted by Gasteiger charge is -2.08. The van der Waals surface area contributed by atoms with Gasteiger partial charge >= 0.3 is 0 Å². The number of hydrogen-bond acceptors (Lipinski definition) is 3. The molecular weight excluding hydrogens is 408 g/mol. The second-order valence-corrected chi connectivity index (χ2v) is 6.46. The van der Waals surface area contributed by atoms with E-state index in [2.05, 4.69) is 26.3 Å². The minimum atomic E-state index is -0.589. The van der Waals surface area contributed by atoms with Crippen molar-refractivity contribution in [1.29, 1.82) is 0 Å². The Labute approximate surface area is 156 Å². The van der Waals surface area contributed by atoms with E-state index in [4.69, 9.17) is 17.3 Å². The van der Waals surface area contributed by atoms with E-state index in [1.807, 2.05) is 0 Å². The second kappa shape index (κ2) is 7.08. The van der Waals surface area contributed by atoms with Gasteiger partial charge in [-0.25, -0.2) is 4.68 Å². The van der Waals surface area contributed by atoms with Crippen molar-refractivity contribution in [2.75, 3.05) is 5.32 Å². The molecule has 0 fully saturated rings. The van der Waals surface area contributed by atoms with Crippen LogP contribution in [-0.4, -0.2) is 21.6 Å². The Morgan fingerprint density at radius 2 is 1.84 bits per heavy atom. The van der Waals surface area contributed by atoms with E-state index in [0.29, 0.717) is 16.3 Å². The zero-order valence-electron chi connectivity index (χ0n) is 12.7. The van der Waals surface area contributed by atoms with Gasteiger partial charge in [0.2, 0.25) is 0 Å². The zero-order chi connectivity index (χ0) is 18.0. The minimum Gasteiger partial charge on any atom is -0.364 e. The second-order valence-electron chi connectivity index (χ2n) is 5.13. The van der Waals surface area contributed by atoms with Crippen molar-refractivity contribution in [2.24, 2.45) is 5.73 Å². The summed E-state index contributed by atoms with van der Waals surface area (Å²) in [7, 11) is 0. The SMILES string of the molecule is NC(=O)c1ccn(-c2ccc(NC(=O)c3cc(Br)ccc3Cl)cc2)n1. The molecule has 126 valence electrons. The highest BCUT2D eigenvalue weighted by atomic mass is 79.9. The van der Waals surface area contributed by atoms with Crippen molar-refractivity contribution in [1.82, 2.24) is 9.78 Å². The fourth-order valence-electron chi connectivity index (χ4n) is 2.17. The molecule has 3 rings (SSSR count). The largest absolute Gasteiger partial charge is 0.364 e. The van der Waals surface area contributed by atoms with Crippen LogP contribution < -0.4 is 11.1 Å². The fraction of sp³-hybridized carbons (Fsp3) is 0. The summed E-state index contributed by atoms with van der Waals surface area (Å²) in [6.07, 6.45) is 1.63. The highest BCUT2D eigenvalue weighted by Gasteiger charge is 2.11. The summed E-state index contributed by atoms with van der Waals surface area (Å²) in [6, 6.07) is 13.6. The van der Waals surface area contributed by atoms with Crippen LogP contribution in [0.2, 0.25) is 5.02 Å². The number of primary amides is 1. The van der Waals surface area contributed by atoms with Gasteiger partial charge < -0.3 is 11.1 Å². The molecule has 0 aliphatic rings.